The fourth-order valence-electron chi connectivity index (χ4n) is 4.19. The van der Waals surface area contributed by atoms with Gasteiger partial charge in [-0.3, -0.25) is 14.7 Å². The van der Waals surface area contributed by atoms with Crippen LogP contribution in [0.2, 0.25) is 0 Å². The Morgan fingerprint density at radius 2 is 2.04 bits per heavy atom. The topological polar surface area (TPSA) is 78.0 Å². The van der Waals surface area contributed by atoms with Crippen molar-refractivity contribution in [1.29, 1.82) is 0 Å². The van der Waals surface area contributed by atoms with Crippen LogP contribution in [-0.2, 0) is 11.2 Å². The molecule has 0 unspecified atom stereocenters. The zero-order valence-corrected chi connectivity index (χ0v) is 15.8. The number of aromatic nitrogens is 4. The normalized spacial score (nSPS) is 21.3. The van der Waals surface area contributed by atoms with Crippen molar-refractivity contribution in [2.24, 2.45) is 5.92 Å². The molecule has 1 atom stereocenters. The zero-order chi connectivity index (χ0) is 18.5. The molecular weight excluding hydrogens is 340 g/mol. The van der Waals surface area contributed by atoms with Gasteiger partial charge in [0.15, 0.2) is 5.82 Å². The molecule has 1 N–H and O–H groups in total. The number of aromatic amines is 1. The summed E-state index contributed by atoms with van der Waals surface area (Å²) >= 11 is 0. The third-order valence-electron chi connectivity index (χ3n) is 5.60. The molecule has 2 saturated heterocycles. The Bertz CT molecular complexity index is 741. The Balaban J connectivity index is 1.34. The number of piperidine rings is 2. The molecule has 7 heteroatoms. The SMILES string of the molecule is O=C(CN1CCCCC1)N1CCC[C@H](Cc2cncc(-c3ncc[nH]3)n2)C1. The standard InChI is InChI=1S/C20H28N6O/c27-19(15-25-8-2-1-3-9-25)26-10-4-5-16(14-26)11-17-12-21-13-18(24-17)20-22-6-7-23-20/h6-7,12-13,16H,1-5,8-11,14-15H2,(H,22,23)/t16-/m1/s1. The first-order chi connectivity index (χ1) is 13.3. The van der Waals surface area contributed by atoms with Crippen LogP contribution in [0.4, 0.5) is 0 Å². The van der Waals surface area contributed by atoms with Crippen LogP contribution in [0.5, 0.6) is 0 Å². The molecule has 2 fully saturated rings. The van der Waals surface area contributed by atoms with Crippen LogP contribution in [-0.4, -0.2) is 68.4 Å². The van der Waals surface area contributed by atoms with Gasteiger partial charge in [-0.15, -0.1) is 0 Å². The highest BCUT2D eigenvalue weighted by atomic mass is 16.2. The molecule has 0 bridgehead atoms. The van der Waals surface area contributed by atoms with Crippen LogP contribution in [0.3, 0.4) is 0 Å². The lowest BCUT2D eigenvalue weighted by atomic mass is 9.93. The second-order valence-electron chi connectivity index (χ2n) is 7.72. The quantitative estimate of drug-likeness (QED) is 0.875. The van der Waals surface area contributed by atoms with E-state index in [1.807, 2.05) is 6.20 Å². The van der Waals surface area contributed by atoms with Crippen LogP contribution < -0.4 is 0 Å². The molecule has 0 spiro atoms. The maximum atomic E-state index is 12.7. The first kappa shape index (κ1) is 18.1. The van der Waals surface area contributed by atoms with Gasteiger partial charge in [0.25, 0.3) is 0 Å². The fraction of sp³-hybridized carbons (Fsp3) is 0.600. The van der Waals surface area contributed by atoms with Crippen molar-refractivity contribution in [2.75, 3.05) is 32.7 Å². The Labute approximate surface area is 160 Å². The molecule has 0 saturated carbocycles. The molecule has 0 radical (unpaired) electrons. The summed E-state index contributed by atoms with van der Waals surface area (Å²) in [6, 6.07) is 0. The van der Waals surface area contributed by atoms with Gasteiger partial charge in [0.1, 0.15) is 5.69 Å². The highest BCUT2D eigenvalue weighted by Gasteiger charge is 2.26. The summed E-state index contributed by atoms with van der Waals surface area (Å²) < 4.78 is 0. The molecule has 2 aromatic heterocycles. The lowest BCUT2D eigenvalue weighted by Crippen LogP contribution is -2.46. The Hall–Kier alpha value is -2.28. The van der Waals surface area contributed by atoms with E-state index in [-0.39, 0.29) is 5.91 Å². The zero-order valence-electron chi connectivity index (χ0n) is 15.8. The molecule has 1 amide bonds. The molecule has 2 aliphatic rings. The highest BCUT2D eigenvalue weighted by Crippen LogP contribution is 2.21. The molecular formula is C20H28N6O. The van der Waals surface area contributed by atoms with E-state index in [9.17, 15) is 4.79 Å². The van der Waals surface area contributed by atoms with Gasteiger partial charge in [0.05, 0.1) is 18.4 Å². The van der Waals surface area contributed by atoms with Gasteiger partial charge in [-0.25, -0.2) is 9.97 Å². The van der Waals surface area contributed by atoms with Gasteiger partial charge in [-0.05, 0) is 51.1 Å². The number of H-pyrrole nitrogens is 1. The van der Waals surface area contributed by atoms with Crippen LogP contribution in [0, 0.1) is 5.92 Å². The van der Waals surface area contributed by atoms with Crippen molar-refractivity contribution in [2.45, 2.75) is 38.5 Å². The average molecular weight is 368 g/mol. The minimum atomic E-state index is 0.289. The van der Waals surface area contributed by atoms with Crippen molar-refractivity contribution in [1.82, 2.24) is 29.7 Å². The molecule has 27 heavy (non-hydrogen) atoms. The number of carbonyl (C=O) groups is 1. The van der Waals surface area contributed by atoms with Crippen LogP contribution in [0.15, 0.2) is 24.8 Å². The minimum Gasteiger partial charge on any atom is -0.343 e. The van der Waals surface area contributed by atoms with E-state index < -0.39 is 0 Å². The van der Waals surface area contributed by atoms with Crippen molar-refractivity contribution < 1.29 is 4.79 Å². The number of likely N-dealkylation sites (tertiary alicyclic amines) is 2. The van der Waals surface area contributed by atoms with E-state index in [0.29, 0.717) is 12.5 Å². The molecule has 0 aliphatic carbocycles. The molecule has 4 heterocycles. The van der Waals surface area contributed by atoms with E-state index in [2.05, 4.69) is 24.8 Å². The summed E-state index contributed by atoms with van der Waals surface area (Å²) in [5.41, 5.74) is 1.74. The van der Waals surface area contributed by atoms with Gasteiger partial charge < -0.3 is 9.88 Å². The van der Waals surface area contributed by atoms with Crippen molar-refractivity contribution >= 4 is 5.91 Å². The van der Waals surface area contributed by atoms with Crippen LogP contribution in [0.25, 0.3) is 11.5 Å². The van der Waals surface area contributed by atoms with Gasteiger partial charge in [-0.2, -0.15) is 0 Å². The lowest BCUT2D eigenvalue weighted by molar-refractivity contribution is -0.134. The summed E-state index contributed by atoms with van der Waals surface area (Å²) in [5, 5.41) is 0. The fourth-order valence-corrected chi connectivity index (χ4v) is 4.19. The second kappa shape index (κ2) is 8.61. The first-order valence-corrected chi connectivity index (χ1v) is 10.1. The lowest BCUT2D eigenvalue weighted by Gasteiger charge is -2.35. The Morgan fingerprint density at radius 3 is 2.85 bits per heavy atom. The average Bonchev–Trinajstić information content (AvgIpc) is 3.24. The molecule has 4 rings (SSSR count). The largest absolute Gasteiger partial charge is 0.343 e. The summed E-state index contributed by atoms with van der Waals surface area (Å²) in [5.74, 6) is 1.48. The number of amides is 1. The number of hydrogen-bond acceptors (Lipinski definition) is 5. The summed E-state index contributed by atoms with van der Waals surface area (Å²) in [6.07, 6.45) is 13.9. The van der Waals surface area contributed by atoms with E-state index in [1.54, 1.807) is 18.6 Å². The Morgan fingerprint density at radius 1 is 1.15 bits per heavy atom. The molecule has 2 aliphatic heterocycles. The maximum Gasteiger partial charge on any atom is 0.236 e. The summed E-state index contributed by atoms with van der Waals surface area (Å²) in [4.78, 5) is 33.4. The number of rotatable bonds is 5. The summed E-state index contributed by atoms with van der Waals surface area (Å²) in [6.45, 7) is 4.44. The number of nitrogens with zero attached hydrogens (tertiary/aromatic N) is 5. The molecule has 7 nitrogen and oxygen atoms in total. The molecule has 0 aromatic carbocycles. The third-order valence-corrected chi connectivity index (χ3v) is 5.60. The maximum absolute atomic E-state index is 12.7. The molecule has 144 valence electrons. The number of nitrogens with one attached hydrogen (secondary N) is 1. The number of carbonyl (C=O) groups excluding carboxylic acids is 1. The van der Waals surface area contributed by atoms with E-state index in [1.165, 1.54) is 19.3 Å². The second-order valence-corrected chi connectivity index (χ2v) is 7.72. The third kappa shape index (κ3) is 4.71. The summed E-state index contributed by atoms with van der Waals surface area (Å²) in [7, 11) is 0. The predicted molar refractivity (Wildman–Crippen MR) is 103 cm³/mol. The van der Waals surface area contributed by atoms with Crippen LogP contribution >= 0.6 is 0 Å². The number of imidazole rings is 1. The van der Waals surface area contributed by atoms with Gasteiger partial charge in [0, 0.05) is 31.7 Å². The van der Waals surface area contributed by atoms with E-state index >= 15 is 0 Å². The Kier molecular flexibility index (Phi) is 5.77. The van der Waals surface area contributed by atoms with Crippen LogP contribution in [0.1, 0.15) is 37.8 Å². The van der Waals surface area contributed by atoms with Crippen molar-refractivity contribution in [3.05, 3.63) is 30.5 Å². The molecule has 2 aromatic rings. The first-order valence-electron chi connectivity index (χ1n) is 10.1. The van der Waals surface area contributed by atoms with E-state index in [4.69, 9.17) is 4.98 Å². The number of hydrogen-bond donors (Lipinski definition) is 1. The smallest absolute Gasteiger partial charge is 0.236 e. The minimum absolute atomic E-state index is 0.289. The van der Waals surface area contributed by atoms with Crippen molar-refractivity contribution in [3.8, 4) is 11.5 Å². The van der Waals surface area contributed by atoms with Gasteiger partial charge in [0.2, 0.25) is 5.91 Å². The van der Waals surface area contributed by atoms with Gasteiger partial charge >= 0.3 is 0 Å². The monoisotopic (exact) mass is 368 g/mol. The van der Waals surface area contributed by atoms with E-state index in [0.717, 1.165) is 62.7 Å². The van der Waals surface area contributed by atoms with Gasteiger partial charge in [-0.1, -0.05) is 6.42 Å². The van der Waals surface area contributed by atoms with Crippen molar-refractivity contribution in [3.63, 3.8) is 0 Å². The predicted octanol–water partition coefficient (Wildman–Crippen LogP) is 2.13. The highest BCUT2D eigenvalue weighted by molar-refractivity contribution is 5.78.